The topological polar surface area (TPSA) is 21.3 Å². The van der Waals surface area contributed by atoms with Gasteiger partial charge in [0.25, 0.3) is 0 Å². The predicted molar refractivity (Wildman–Crippen MR) is 112 cm³/mol. The first-order valence-electron chi connectivity index (χ1n) is 9.66. The smallest absolute Gasteiger partial charge is 0.112 e. The Labute approximate surface area is 159 Å². The molecule has 27 heavy (non-hydrogen) atoms. The molecule has 0 amide bonds. The fourth-order valence-electron chi connectivity index (χ4n) is 4.06. The predicted octanol–water partition coefficient (Wildman–Crippen LogP) is 5.09. The third-order valence-corrected chi connectivity index (χ3v) is 5.45. The third-order valence-electron chi connectivity index (χ3n) is 5.45. The van der Waals surface area contributed by atoms with E-state index in [1.54, 1.807) is 0 Å². The first kappa shape index (κ1) is 16.5. The second-order valence-corrected chi connectivity index (χ2v) is 7.46. The van der Waals surface area contributed by atoms with Gasteiger partial charge in [0.15, 0.2) is 0 Å². The summed E-state index contributed by atoms with van der Waals surface area (Å²) in [5.74, 6) is 0. The Morgan fingerprint density at radius 2 is 1.22 bits per heavy atom. The Kier molecular flexibility index (Phi) is 4.36. The second kappa shape index (κ2) is 7.15. The minimum absolute atomic E-state index is 0.0941. The number of fused-ring (bicyclic) bond motifs is 2. The van der Waals surface area contributed by atoms with Gasteiger partial charge in [-0.2, -0.15) is 0 Å². The van der Waals surface area contributed by atoms with E-state index >= 15 is 0 Å². The van der Waals surface area contributed by atoms with Crippen LogP contribution in [0.5, 0.6) is 0 Å². The van der Waals surface area contributed by atoms with Crippen LogP contribution in [0.4, 0.5) is 0 Å². The van der Waals surface area contributed by atoms with E-state index in [-0.39, 0.29) is 6.23 Å². The summed E-state index contributed by atoms with van der Waals surface area (Å²) < 4.78 is 6.03. The van der Waals surface area contributed by atoms with Crippen molar-refractivity contribution in [1.82, 2.24) is 5.32 Å². The molecule has 0 saturated carbocycles. The molecule has 1 N–H and O–H groups in total. The summed E-state index contributed by atoms with van der Waals surface area (Å²) in [5, 5.41) is 8.85. The van der Waals surface area contributed by atoms with Gasteiger partial charge in [-0.3, -0.25) is 5.32 Å². The van der Waals surface area contributed by atoms with Gasteiger partial charge < -0.3 is 4.74 Å². The van der Waals surface area contributed by atoms with E-state index in [1.165, 1.54) is 32.7 Å². The van der Waals surface area contributed by atoms with Crippen molar-refractivity contribution in [3.8, 4) is 0 Å². The molecule has 0 radical (unpaired) electrons. The van der Waals surface area contributed by atoms with E-state index in [2.05, 4.69) is 90.2 Å². The summed E-state index contributed by atoms with van der Waals surface area (Å²) in [7, 11) is 0. The van der Waals surface area contributed by atoms with Gasteiger partial charge in [-0.15, -0.1) is 0 Å². The zero-order chi connectivity index (χ0) is 18.1. The maximum atomic E-state index is 6.03. The molecule has 1 aliphatic rings. The van der Waals surface area contributed by atoms with Gasteiger partial charge in [-0.25, -0.2) is 0 Å². The number of nitrogens with one attached hydrogen (secondary N) is 1. The van der Waals surface area contributed by atoms with Crippen molar-refractivity contribution in [2.45, 2.75) is 25.1 Å². The Morgan fingerprint density at radius 1 is 0.667 bits per heavy atom. The number of hydrogen-bond acceptors (Lipinski definition) is 2. The van der Waals surface area contributed by atoms with Crippen LogP contribution in [-0.2, 0) is 17.6 Å². The molecule has 0 aliphatic carbocycles. The lowest BCUT2D eigenvalue weighted by atomic mass is 10.0. The van der Waals surface area contributed by atoms with E-state index in [9.17, 15) is 0 Å². The summed E-state index contributed by atoms with van der Waals surface area (Å²) in [6.07, 6.45) is 1.99. The fraction of sp³-hybridized carbons (Fsp3) is 0.200. The van der Waals surface area contributed by atoms with Crippen molar-refractivity contribution in [1.29, 1.82) is 0 Å². The molecule has 0 unspecified atom stereocenters. The number of hydrogen-bond donors (Lipinski definition) is 1. The summed E-state index contributed by atoms with van der Waals surface area (Å²) >= 11 is 0. The Balaban J connectivity index is 1.25. The zero-order valence-corrected chi connectivity index (χ0v) is 15.3. The average molecular weight is 353 g/mol. The summed E-state index contributed by atoms with van der Waals surface area (Å²) in [6.45, 7) is 0.769. The maximum absolute atomic E-state index is 6.03. The zero-order valence-electron chi connectivity index (χ0n) is 15.3. The molecular formula is C25H23NO. The number of ether oxygens (including phenoxy) is 1. The van der Waals surface area contributed by atoms with Gasteiger partial charge in [0, 0.05) is 12.5 Å². The minimum atomic E-state index is 0.0941. The van der Waals surface area contributed by atoms with E-state index in [4.69, 9.17) is 4.74 Å². The Morgan fingerprint density at radius 3 is 1.85 bits per heavy atom. The number of rotatable bonds is 4. The third kappa shape index (κ3) is 3.59. The molecule has 4 aromatic rings. The molecule has 1 aliphatic heterocycles. The largest absolute Gasteiger partial charge is 0.361 e. The lowest BCUT2D eigenvalue weighted by molar-refractivity contribution is 0.101. The molecule has 2 nitrogen and oxygen atoms in total. The van der Waals surface area contributed by atoms with Crippen LogP contribution in [0.2, 0.25) is 0 Å². The molecule has 0 aromatic heterocycles. The SMILES string of the molecule is c1ccc2cc(C[C@H]3CO[C@H](Cc4ccc5ccccc5c4)N3)ccc2c1. The van der Waals surface area contributed by atoms with Gasteiger partial charge in [0.2, 0.25) is 0 Å². The normalized spacial score (nSPS) is 19.7. The quantitative estimate of drug-likeness (QED) is 0.552. The van der Waals surface area contributed by atoms with Crippen LogP contribution in [0.15, 0.2) is 84.9 Å². The summed E-state index contributed by atoms with van der Waals surface area (Å²) in [5.41, 5.74) is 2.68. The summed E-state index contributed by atoms with van der Waals surface area (Å²) in [6, 6.07) is 30.8. The van der Waals surface area contributed by atoms with Crippen LogP contribution in [0.3, 0.4) is 0 Å². The lowest BCUT2D eigenvalue weighted by Gasteiger charge is -2.13. The van der Waals surface area contributed by atoms with Gasteiger partial charge in [0.1, 0.15) is 6.23 Å². The molecule has 0 bridgehead atoms. The molecule has 2 heteroatoms. The summed E-state index contributed by atoms with van der Waals surface area (Å²) in [4.78, 5) is 0. The van der Waals surface area contributed by atoms with Crippen LogP contribution >= 0.6 is 0 Å². The molecule has 2 atom stereocenters. The molecule has 1 heterocycles. The van der Waals surface area contributed by atoms with Crippen molar-refractivity contribution in [3.63, 3.8) is 0 Å². The van der Waals surface area contributed by atoms with Crippen LogP contribution in [0.1, 0.15) is 11.1 Å². The highest BCUT2D eigenvalue weighted by Crippen LogP contribution is 2.20. The van der Waals surface area contributed by atoms with E-state index in [0.717, 1.165) is 19.4 Å². The molecule has 0 spiro atoms. The monoisotopic (exact) mass is 353 g/mol. The van der Waals surface area contributed by atoms with E-state index in [1.807, 2.05) is 0 Å². The first-order valence-corrected chi connectivity index (χ1v) is 9.66. The highest BCUT2D eigenvalue weighted by Gasteiger charge is 2.24. The van der Waals surface area contributed by atoms with E-state index < -0.39 is 0 Å². The van der Waals surface area contributed by atoms with Crippen molar-refractivity contribution >= 4 is 21.5 Å². The van der Waals surface area contributed by atoms with Crippen LogP contribution in [0, 0.1) is 0 Å². The van der Waals surface area contributed by atoms with Crippen LogP contribution in [-0.4, -0.2) is 18.9 Å². The molecule has 1 saturated heterocycles. The van der Waals surface area contributed by atoms with E-state index in [0.29, 0.717) is 6.04 Å². The number of benzene rings is 4. The van der Waals surface area contributed by atoms with Crippen molar-refractivity contribution < 1.29 is 4.74 Å². The lowest BCUT2D eigenvalue weighted by Crippen LogP contribution is -2.33. The molecule has 5 rings (SSSR count). The van der Waals surface area contributed by atoms with Crippen molar-refractivity contribution in [2.24, 2.45) is 0 Å². The van der Waals surface area contributed by atoms with Gasteiger partial charge in [-0.1, -0.05) is 84.9 Å². The fourth-order valence-corrected chi connectivity index (χ4v) is 4.06. The second-order valence-electron chi connectivity index (χ2n) is 7.46. The van der Waals surface area contributed by atoms with Gasteiger partial charge >= 0.3 is 0 Å². The Bertz CT molecular complexity index is 1000. The van der Waals surface area contributed by atoms with Crippen molar-refractivity contribution in [2.75, 3.05) is 6.61 Å². The highest BCUT2D eigenvalue weighted by atomic mass is 16.5. The highest BCUT2D eigenvalue weighted by molar-refractivity contribution is 5.83. The maximum Gasteiger partial charge on any atom is 0.112 e. The molecular weight excluding hydrogens is 330 g/mol. The standard InChI is InChI=1S/C25H23NO/c1-3-7-22-13-18(9-11-20(22)5-1)15-24-17-27-25(26-24)16-19-10-12-21-6-2-4-8-23(21)14-19/h1-14,24-26H,15-17H2/t24-,25+/m0/s1. The van der Waals surface area contributed by atoms with Gasteiger partial charge in [-0.05, 0) is 39.1 Å². The van der Waals surface area contributed by atoms with Gasteiger partial charge in [0.05, 0.1) is 6.61 Å². The minimum Gasteiger partial charge on any atom is -0.361 e. The van der Waals surface area contributed by atoms with Crippen LogP contribution < -0.4 is 5.32 Å². The first-order chi connectivity index (χ1) is 13.3. The molecule has 4 aromatic carbocycles. The molecule has 1 fully saturated rings. The average Bonchev–Trinajstić information content (AvgIpc) is 3.14. The van der Waals surface area contributed by atoms with Crippen molar-refractivity contribution in [3.05, 3.63) is 96.1 Å². The van der Waals surface area contributed by atoms with Crippen LogP contribution in [0.25, 0.3) is 21.5 Å². The molecule has 134 valence electrons. The Hall–Kier alpha value is -2.68.